The van der Waals surface area contributed by atoms with Crippen LogP contribution in [0.5, 0.6) is 0 Å². The van der Waals surface area contributed by atoms with Crippen molar-refractivity contribution in [1.82, 2.24) is 9.78 Å². The van der Waals surface area contributed by atoms with Gasteiger partial charge in [0.05, 0.1) is 11.6 Å². The number of rotatable bonds is 0. The molecule has 2 heterocycles. The van der Waals surface area contributed by atoms with Gasteiger partial charge in [0.2, 0.25) is 5.71 Å². The Balaban J connectivity index is 2.97. The number of nitrogens with two attached hydrogens (primary N) is 1. The number of aromatic nitrogens is 2. The van der Waals surface area contributed by atoms with E-state index in [2.05, 4.69) is 5.10 Å². The smallest absolute Gasteiger partial charge is 0.360 e. The second-order valence-corrected chi connectivity index (χ2v) is 2.52. The van der Waals surface area contributed by atoms with E-state index < -0.39 is 5.63 Å². The summed E-state index contributed by atoms with van der Waals surface area (Å²) in [6, 6.07) is 1.55. The molecule has 12 heavy (non-hydrogen) atoms. The Morgan fingerprint density at radius 3 is 3.17 bits per heavy atom. The SMILES string of the molecule is Cn1ncc2cc(N)c(=O)oc21. The van der Waals surface area contributed by atoms with Gasteiger partial charge in [-0.2, -0.15) is 5.10 Å². The van der Waals surface area contributed by atoms with Crippen molar-refractivity contribution in [3.63, 3.8) is 0 Å². The molecule has 0 aromatic carbocycles. The summed E-state index contributed by atoms with van der Waals surface area (Å²) < 4.78 is 6.37. The molecule has 0 aliphatic rings. The Bertz CT molecular complexity index is 483. The third-order valence-electron chi connectivity index (χ3n) is 1.65. The topological polar surface area (TPSA) is 74.1 Å². The number of anilines is 1. The van der Waals surface area contributed by atoms with E-state index in [1.165, 1.54) is 4.68 Å². The molecule has 5 heteroatoms. The average Bonchev–Trinajstić information content (AvgIpc) is 2.35. The molecule has 0 fully saturated rings. The Morgan fingerprint density at radius 2 is 2.42 bits per heavy atom. The molecule has 5 nitrogen and oxygen atoms in total. The van der Waals surface area contributed by atoms with Crippen LogP contribution >= 0.6 is 0 Å². The van der Waals surface area contributed by atoms with Crippen molar-refractivity contribution in [2.45, 2.75) is 0 Å². The molecule has 0 saturated carbocycles. The van der Waals surface area contributed by atoms with Crippen LogP contribution in [0.3, 0.4) is 0 Å². The third-order valence-corrected chi connectivity index (χ3v) is 1.65. The molecule has 2 N–H and O–H groups in total. The van der Waals surface area contributed by atoms with Crippen LogP contribution in [0, 0.1) is 0 Å². The molecule has 0 aliphatic carbocycles. The molecule has 0 saturated heterocycles. The Morgan fingerprint density at radius 1 is 1.67 bits per heavy atom. The van der Waals surface area contributed by atoms with Gasteiger partial charge < -0.3 is 10.2 Å². The lowest BCUT2D eigenvalue weighted by atomic mass is 10.3. The molecule has 0 amide bonds. The van der Waals surface area contributed by atoms with Gasteiger partial charge in [0.15, 0.2) is 0 Å². The summed E-state index contributed by atoms with van der Waals surface area (Å²) in [6.07, 6.45) is 1.59. The molecule has 62 valence electrons. The van der Waals surface area contributed by atoms with Crippen LogP contribution in [0.1, 0.15) is 0 Å². The van der Waals surface area contributed by atoms with Crippen LogP contribution in [0.25, 0.3) is 11.1 Å². The summed E-state index contributed by atoms with van der Waals surface area (Å²) >= 11 is 0. The van der Waals surface area contributed by atoms with E-state index in [9.17, 15) is 4.79 Å². The van der Waals surface area contributed by atoms with Gasteiger partial charge in [-0.05, 0) is 6.07 Å². The van der Waals surface area contributed by atoms with Gasteiger partial charge in [-0.3, -0.25) is 0 Å². The van der Waals surface area contributed by atoms with Crippen molar-refractivity contribution in [1.29, 1.82) is 0 Å². The number of aryl methyl sites for hydroxylation is 1. The van der Waals surface area contributed by atoms with E-state index in [4.69, 9.17) is 10.2 Å². The highest BCUT2D eigenvalue weighted by Crippen LogP contribution is 2.11. The van der Waals surface area contributed by atoms with E-state index in [1.54, 1.807) is 19.3 Å². The van der Waals surface area contributed by atoms with Crippen molar-refractivity contribution < 1.29 is 4.42 Å². The first kappa shape index (κ1) is 6.90. The number of hydrogen-bond acceptors (Lipinski definition) is 4. The summed E-state index contributed by atoms with van der Waals surface area (Å²) in [4.78, 5) is 11.0. The molecule has 0 aliphatic heterocycles. The molecule has 2 rings (SSSR count). The monoisotopic (exact) mass is 165 g/mol. The molecule has 0 radical (unpaired) electrons. The normalized spacial score (nSPS) is 10.8. The number of nitrogen functional groups attached to an aromatic ring is 1. The average molecular weight is 165 g/mol. The van der Waals surface area contributed by atoms with Crippen LogP contribution in [-0.4, -0.2) is 9.78 Å². The number of hydrogen-bond donors (Lipinski definition) is 1. The van der Waals surface area contributed by atoms with Crippen LogP contribution in [-0.2, 0) is 7.05 Å². The van der Waals surface area contributed by atoms with E-state index in [-0.39, 0.29) is 5.69 Å². The van der Waals surface area contributed by atoms with Gasteiger partial charge in [-0.1, -0.05) is 0 Å². The first-order valence-corrected chi connectivity index (χ1v) is 3.40. The zero-order chi connectivity index (χ0) is 8.72. The van der Waals surface area contributed by atoms with E-state index >= 15 is 0 Å². The van der Waals surface area contributed by atoms with Gasteiger partial charge >= 0.3 is 5.63 Å². The minimum atomic E-state index is -0.522. The standard InChI is InChI=1S/C7H7N3O2/c1-10-6-4(3-9-10)2-5(8)7(11)12-6/h2-3H,8H2,1H3. The van der Waals surface area contributed by atoms with Crippen LogP contribution in [0.15, 0.2) is 21.5 Å². The number of nitrogens with zero attached hydrogens (tertiary/aromatic N) is 2. The Kier molecular flexibility index (Phi) is 1.21. The zero-order valence-electron chi connectivity index (χ0n) is 6.44. The highest BCUT2D eigenvalue weighted by atomic mass is 16.4. The van der Waals surface area contributed by atoms with Crippen LogP contribution < -0.4 is 11.4 Å². The lowest BCUT2D eigenvalue weighted by molar-refractivity contribution is 0.526. The van der Waals surface area contributed by atoms with E-state index in [0.717, 1.165) is 5.39 Å². The Labute approximate surface area is 67.4 Å². The van der Waals surface area contributed by atoms with Gasteiger partial charge in [-0.15, -0.1) is 0 Å². The molecule has 0 spiro atoms. The summed E-state index contributed by atoms with van der Waals surface area (Å²) in [5.74, 6) is 0. The minimum absolute atomic E-state index is 0.107. The first-order chi connectivity index (χ1) is 5.68. The lowest BCUT2D eigenvalue weighted by Crippen LogP contribution is -2.06. The molecular weight excluding hydrogens is 158 g/mol. The van der Waals surface area contributed by atoms with Crippen molar-refractivity contribution in [2.24, 2.45) is 7.05 Å². The Hall–Kier alpha value is -1.78. The summed E-state index contributed by atoms with van der Waals surface area (Å²) in [5, 5.41) is 4.64. The van der Waals surface area contributed by atoms with E-state index in [0.29, 0.717) is 5.71 Å². The van der Waals surface area contributed by atoms with Gasteiger partial charge in [0.25, 0.3) is 0 Å². The molecule has 0 bridgehead atoms. The van der Waals surface area contributed by atoms with Crippen molar-refractivity contribution in [2.75, 3.05) is 5.73 Å². The highest BCUT2D eigenvalue weighted by Gasteiger charge is 2.04. The zero-order valence-corrected chi connectivity index (χ0v) is 6.44. The highest BCUT2D eigenvalue weighted by molar-refractivity contribution is 5.75. The molecule has 0 atom stereocenters. The van der Waals surface area contributed by atoms with Gasteiger partial charge in [0, 0.05) is 7.05 Å². The minimum Gasteiger partial charge on any atom is -0.402 e. The molecular formula is C7H7N3O2. The maximum Gasteiger partial charge on any atom is 0.360 e. The summed E-state index contributed by atoms with van der Waals surface area (Å²) in [6.45, 7) is 0. The van der Waals surface area contributed by atoms with Crippen molar-refractivity contribution in [3.05, 3.63) is 22.7 Å². The van der Waals surface area contributed by atoms with E-state index in [1.807, 2.05) is 0 Å². The fourth-order valence-corrected chi connectivity index (χ4v) is 1.04. The second-order valence-electron chi connectivity index (χ2n) is 2.52. The van der Waals surface area contributed by atoms with Crippen molar-refractivity contribution in [3.8, 4) is 0 Å². The summed E-state index contributed by atoms with van der Waals surface area (Å²) in [5.41, 5.74) is 5.38. The fraction of sp³-hybridized carbons (Fsp3) is 0.143. The second kappa shape index (κ2) is 2.10. The summed E-state index contributed by atoms with van der Waals surface area (Å²) in [7, 11) is 1.70. The lowest BCUT2D eigenvalue weighted by Gasteiger charge is -1.92. The number of fused-ring (bicyclic) bond motifs is 1. The first-order valence-electron chi connectivity index (χ1n) is 3.40. The quantitative estimate of drug-likeness (QED) is 0.601. The van der Waals surface area contributed by atoms with Crippen LogP contribution in [0.4, 0.5) is 5.69 Å². The third kappa shape index (κ3) is 0.795. The van der Waals surface area contributed by atoms with Crippen LogP contribution in [0.2, 0.25) is 0 Å². The molecule has 2 aromatic heterocycles. The van der Waals surface area contributed by atoms with Crippen molar-refractivity contribution >= 4 is 16.8 Å². The molecule has 0 unspecified atom stereocenters. The van der Waals surface area contributed by atoms with Gasteiger partial charge in [0.1, 0.15) is 5.69 Å². The largest absolute Gasteiger partial charge is 0.402 e. The molecule has 2 aromatic rings. The fourth-order valence-electron chi connectivity index (χ4n) is 1.04. The predicted octanol–water partition coefficient (Wildman–Crippen LogP) is 0.109. The maximum absolute atomic E-state index is 11.0. The predicted molar refractivity (Wildman–Crippen MR) is 43.7 cm³/mol. The van der Waals surface area contributed by atoms with Gasteiger partial charge in [-0.25, -0.2) is 9.48 Å². The maximum atomic E-state index is 11.0.